The second-order valence-corrected chi connectivity index (χ2v) is 17.9. The van der Waals surface area contributed by atoms with E-state index in [9.17, 15) is 48.9 Å². The number of carbonyl (C=O) groups is 7. The summed E-state index contributed by atoms with van der Waals surface area (Å²) in [7, 11) is 0. The van der Waals surface area contributed by atoms with Crippen LogP contribution in [0.25, 0.3) is 11.0 Å². The fraction of sp³-hybridized carbons (Fsp3) is 0.543. The zero-order valence-corrected chi connectivity index (χ0v) is 37.9. The summed E-state index contributed by atoms with van der Waals surface area (Å²) in [6.07, 6.45) is 4.12. The van der Waals surface area contributed by atoms with Gasteiger partial charge in [0.1, 0.15) is 35.9 Å². The summed E-state index contributed by atoms with van der Waals surface area (Å²) in [5.41, 5.74) is 13.0. The molecule has 2 aliphatic heterocycles. The second kappa shape index (κ2) is 24.4. The zero-order chi connectivity index (χ0) is 48.7. The number of rotatable bonds is 15. The molecule has 4 heterocycles. The lowest BCUT2D eigenvalue weighted by atomic mass is 9.83. The molecule has 22 nitrogen and oxygen atoms in total. The first-order valence-electron chi connectivity index (χ1n) is 23.3. The van der Waals surface area contributed by atoms with Crippen molar-refractivity contribution >= 4 is 58.4 Å². The Balaban J connectivity index is 1.33. The molecule has 6 rings (SSSR count). The first kappa shape index (κ1) is 50.8. The summed E-state index contributed by atoms with van der Waals surface area (Å²) < 4.78 is 0. The highest BCUT2D eigenvalue weighted by atomic mass is 16.4. The number of nitrogens with two attached hydrogens (primary N) is 2. The van der Waals surface area contributed by atoms with Crippen LogP contribution in [0.5, 0.6) is 0 Å². The number of nitrogens with one attached hydrogen (secondary N) is 7. The van der Waals surface area contributed by atoms with Crippen LogP contribution < -0.4 is 43.4 Å². The number of hydrogen-bond donors (Lipinski definition) is 12. The van der Waals surface area contributed by atoms with Crippen LogP contribution in [0.1, 0.15) is 75.3 Å². The molecule has 7 atom stereocenters. The minimum Gasteiger partial charge on any atom is -0.480 e. The molecule has 0 spiro atoms. The van der Waals surface area contributed by atoms with E-state index >= 15 is 0 Å². The van der Waals surface area contributed by atoms with Gasteiger partial charge in [-0.15, -0.1) is 0 Å². The highest BCUT2D eigenvalue weighted by Gasteiger charge is 2.43. The largest absolute Gasteiger partial charge is 0.480 e. The Bertz CT molecular complexity index is 2260. The Morgan fingerprint density at radius 1 is 0.868 bits per heavy atom. The second-order valence-electron chi connectivity index (χ2n) is 17.9. The van der Waals surface area contributed by atoms with Crippen LogP contribution in [0.2, 0.25) is 0 Å². The summed E-state index contributed by atoms with van der Waals surface area (Å²) in [6.45, 7) is -0.715. The van der Waals surface area contributed by atoms with E-state index in [-0.39, 0.29) is 82.9 Å². The lowest BCUT2D eigenvalue weighted by Crippen LogP contribution is -2.60. The van der Waals surface area contributed by atoms with E-state index in [4.69, 9.17) is 11.5 Å². The van der Waals surface area contributed by atoms with Crippen LogP contribution >= 0.6 is 0 Å². The summed E-state index contributed by atoms with van der Waals surface area (Å²) >= 11 is 0. The van der Waals surface area contributed by atoms with Crippen LogP contribution in [-0.4, -0.2) is 152 Å². The van der Waals surface area contributed by atoms with Gasteiger partial charge in [0, 0.05) is 50.3 Å². The van der Waals surface area contributed by atoms with Crippen molar-refractivity contribution in [1.29, 1.82) is 0 Å². The molecule has 368 valence electrons. The van der Waals surface area contributed by atoms with Gasteiger partial charge in [0.05, 0.1) is 24.8 Å². The minimum atomic E-state index is -1.31. The average molecular weight is 945 g/mol. The van der Waals surface area contributed by atoms with E-state index in [1.807, 2.05) is 6.07 Å². The number of aliphatic imine (C=N–C) groups is 1. The van der Waals surface area contributed by atoms with Gasteiger partial charge in [0.2, 0.25) is 35.4 Å². The molecule has 2 aromatic heterocycles. The number of hydrogen-bond acceptors (Lipinski definition) is 12. The Hall–Kier alpha value is -6.65. The number of aromatic nitrogens is 2. The maximum atomic E-state index is 14.7. The maximum absolute atomic E-state index is 14.7. The molecular weight excluding hydrogens is 881 g/mol. The molecule has 68 heavy (non-hydrogen) atoms. The lowest BCUT2D eigenvalue weighted by molar-refractivity contribution is -0.143. The molecule has 1 unspecified atom stereocenters. The number of aliphatic hydroxyl groups is 2. The highest BCUT2D eigenvalue weighted by molar-refractivity contribution is 5.97. The number of aliphatic hydroxyl groups excluding tert-OH is 2. The number of H-pyrrole nitrogens is 1. The predicted molar refractivity (Wildman–Crippen MR) is 248 cm³/mol. The van der Waals surface area contributed by atoms with Crippen molar-refractivity contribution < 1.29 is 48.9 Å². The van der Waals surface area contributed by atoms with Gasteiger partial charge >= 0.3 is 5.97 Å². The van der Waals surface area contributed by atoms with E-state index < -0.39 is 96.4 Å². The van der Waals surface area contributed by atoms with E-state index in [2.05, 4.69) is 46.9 Å². The summed E-state index contributed by atoms with van der Waals surface area (Å²) in [5, 5.41) is 48.2. The van der Waals surface area contributed by atoms with Gasteiger partial charge in [-0.05, 0) is 93.4 Å². The lowest BCUT2D eigenvalue weighted by Gasteiger charge is -2.32. The molecular formula is C46H64N12O10. The number of fused-ring (bicyclic) bond motifs is 2. The number of amides is 6. The molecule has 1 saturated carbocycles. The molecule has 14 N–H and O–H groups in total. The van der Waals surface area contributed by atoms with Crippen molar-refractivity contribution in [2.75, 3.05) is 26.2 Å². The average Bonchev–Trinajstić information content (AvgIpc) is 3.92. The van der Waals surface area contributed by atoms with Crippen LogP contribution in [-0.2, 0) is 46.4 Å². The molecule has 1 aromatic carbocycles. The molecule has 22 heteroatoms. The Labute approximate surface area is 393 Å². The van der Waals surface area contributed by atoms with Crippen molar-refractivity contribution in [3.8, 4) is 0 Å². The molecule has 1 aliphatic carbocycles. The Morgan fingerprint density at radius 2 is 1.59 bits per heavy atom. The van der Waals surface area contributed by atoms with Crippen LogP contribution in [0, 0.1) is 5.92 Å². The normalized spacial score (nSPS) is 26.0. The van der Waals surface area contributed by atoms with Gasteiger partial charge in [-0.1, -0.05) is 30.3 Å². The predicted octanol–water partition coefficient (Wildman–Crippen LogP) is -1.80. The summed E-state index contributed by atoms with van der Waals surface area (Å²) in [5.74, 6) is -5.59. The standard InChI is InChI=1S/C46H64N12O10/c47-46(48)51-18-5-10-32-40(63)50-17-6-11-33(55-41(64)34(52-24-38(61)62)19-26-7-2-1-3-8-26)45(68)58-25-30(60)22-37(58)44(67)57-35(20-27-12-14-29(59)15-13-27)42(65)56-36(43(66)54-32)21-28-23-53-39-31(28)9-4-16-49-39/h1-4,7-9,16,23,27,29-30,32-37,52,59-60H,5-6,10-15,17-22,24-25H2,(H,49,53)(H,50,63)(H,54,66)(H,55,64)(H,56,65)(H,57,67)(H,61,62)(H4,47,48,51)/t27?,29?,30-,32+,33+,34?,35-,36+,37+/m1/s1. The first-order chi connectivity index (χ1) is 32.6. The monoisotopic (exact) mass is 944 g/mol. The molecule has 3 aromatic rings. The molecule has 0 radical (unpaired) electrons. The number of benzene rings is 1. The number of aromatic amines is 1. The van der Waals surface area contributed by atoms with Gasteiger partial charge in [0.15, 0.2) is 5.96 Å². The topological polar surface area (TPSA) is 349 Å². The number of aliphatic carboxylic acids is 1. The van der Waals surface area contributed by atoms with E-state index in [0.29, 0.717) is 47.8 Å². The quantitative estimate of drug-likeness (QED) is 0.0455. The molecule has 6 amide bonds. The van der Waals surface area contributed by atoms with Crippen molar-refractivity contribution in [1.82, 2.24) is 46.8 Å². The van der Waals surface area contributed by atoms with Crippen molar-refractivity contribution in [3.63, 3.8) is 0 Å². The van der Waals surface area contributed by atoms with Crippen LogP contribution in [0.3, 0.4) is 0 Å². The first-order valence-corrected chi connectivity index (χ1v) is 23.3. The summed E-state index contributed by atoms with van der Waals surface area (Å²) in [4.78, 5) is 110. The van der Waals surface area contributed by atoms with Gasteiger partial charge in [-0.25, -0.2) is 4.98 Å². The zero-order valence-electron chi connectivity index (χ0n) is 37.9. The Kier molecular flexibility index (Phi) is 18.2. The summed E-state index contributed by atoms with van der Waals surface area (Å²) in [6, 6.07) is 5.06. The van der Waals surface area contributed by atoms with Gasteiger partial charge in [-0.3, -0.25) is 43.9 Å². The molecule has 3 fully saturated rings. The third kappa shape index (κ3) is 14.4. The SMILES string of the molecule is NC(N)=NCCC[C@@H]1NC(=O)[C@H](Cc2c[nH]c3ncccc23)NC(=O)[C@@H](CC2CCC(O)CC2)NC(=O)[C@@H]2C[C@@H](O)CN2C(=O)[C@@H](NC(=O)C(Cc2ccccc2)NCC(=O)O)CCCNC1=O. The molecule has 0 bridgehead atoms. The van der Waals surface area contributed by atoms with E-state index in [1.165, 1.54) is 4.90 Å². The molecule has 2 saturated heterocycles. The maximum Gasteiger partial charge on any atom is 0.317 e. The molecule has 3 aliphatic rings. The van der Waals surface area contributed by atoms with E-state index in [0.717, 1.165) is 0 Å². The third-order valence-corrected chi connectivity index (χ3v) is 12.7. The van der Waals surface area contributed by atoms with Crippen LogP contribution in [0.15, 0.2) is 59.9 Å². The smallest absolute Gasteiger partial charge is 0.317 e. The number of carbonyl (C=O) groups excluding carboxylic acids is 6. The van der Waals surface area contributed by atoms with Crippen molar-refractivity contribution in [2.24, 2.45) is 22.4 Å². The van der Waals surface area contributed by atoms with Gasteiger partial charge in [-0.2, -0.15) is 0 Å². The number of pyridine rings is 1. The van der Waals surface area contributed by atoms with Crippen LogP contribution in [0.4, 0.5) is 0 Å². The van der Waals surface area contributed by atoms with Gasteiger partial charge in [0.25, 0.3) is 0 Å². The fourth-order valence-corrected chi connectivity index (χ4v) is 9.14. The number of guanidine groups is 1. The Morgan fingerprint density at radius 3 is 2.32 bits per heavy atom. The number of nitrogens with zero attached hydrogens (tertiary/aromatic N) is 3. The van der Waals surface area contributed by atoms with Crippen molar-refractivity contribution in [2.45, 2.75) is 126 Å². The number of carboxylic acids is 1. The fourth-order valence-electron chi connectivity index (χ4n) is 9.14. The number of carboxylic acid groups (broad SMARTS) is 1. The third-order valence-electron chi connectivity index (χ3n) is 12.7. The highest BCUT2D eigenvalue weighted by Crippen LogP contribution is 2.29. The van der Waals surface area contributed by atoms with Crippen molar-refractivity contribution in [3.05, 3.63) is 66.0 Å². The minimum absolute atomic E-state index is 0.0294. The van der Waals surface area contributed by atoms with Gasteiger partial charge < -0.3 is 63.3 Å². The van der Waals surface area contributed by atoms with E-state index in [1.54, 1.807) is 48.8 Å².